The van der Waals surface area contributed by atoms with Crippen LogP contribution in [0.4, 0.5) is 0 Å². The second-order valence-electron chi connectivity index (χ2n) is 3.10. The first kappa shape index (κ1) is 6.62. The molecular weight excluding hydrogens is 128 g/mol. The molecule has 0 aliphatic carbocycles. The van der Waals surface area contributed by atoms with Crippen molar-refractivity contribution in [3.05, 3.63) is 0 Å². The van der Waals surface area contributed by atoms with Gasteiger partial charge in [-0.25, -0.2) is 0 Å². The van der Waals surface area contributed by atoms with Gasteiger partial charge in [0.25, 0.3) is 0 Å². The topological polar surface area (TPSA) is 18.5 Å². The SMILES string of the molecule is C1CO[C@@H]2CCCO[C@H]2C1. The van der Waals surface area contributed by atoms with E-state index in [1.165, 1.54) is 25.7 Å². The van der Waals surface area contributed by atoms with Crippen molar-refractivity contribution >= 4 is 0 Å². The minimum Gasteiger partial charge on any atom is -0.376 e. The largest absolute Gasteiger partial charge is 0.376 e. The lowest BCUT2D eigenvalue weighted by Gasteiger charge is -2.35. The molecular formula is C8H14O2. The van der Waals surface area contributed by atoms with Gasteiger partial charge in [0.2, 0.25) is 0 Å². The van der Waals surface area contributed by atoms with Gasteiger partial charge in [-0.3, -0.25) is 0 Å². The zero-order valence-corrected chi connectivity index (χ0v) is 6.21. The molecule has 0 aromatic carbocycles. The molecule has 2 nitrogen and oxygen atoms in total. The fourth-order valence-electron chi connectivity index (χ4n) is 1.79. The van der Waals surface area contributed by atoms with Crippen LogP contribution in [-0.2, 0) is 9.47 Å². The van der Waals surface area contributed by atoms with Crippen molar-refractivity contribution in [1.82, 2.24) is 0 Å². The fraction of sp³-hybridized carbons (Fsp3) is 1.00. The van der Waals surface area contributed by atoms with Crippen molar-refractivity contribution in [2.45, 2.75) is 37.9 Å². The predicted molar refractivity (Wildman–Crippen MR) is 37.9 cm³/mol. The van der Waals surface area contributed by atoms with Crippen LogP contribution in [0.15, 0.2) is 0 Å². The molecule has 2 saturated heterocycles. The Morgan fingerprint density at radius 3 is 1.80 bits per heavy atom. The van der Waals surface area contributed by atoms with Crippen molar-refractivity contribution in [2.24, 2.45) is 0 Å². The van der Waals surface area contributed by atoms with Crippen LogP contribution >= 0.6 is 0 Å². The van der Waals surface area contributed by atoms with Crippen molar-refractivity contribution in [3.63, 3.8) is 0 Å². The molecule has 2 aliphatic heterocycles. The Morgan fingerprint density at radius 1 is 0.800 bits per heavy atom. The Kier molecular flexibility index (Phi) is 1.91. The van der Waals surface area contributed by atoms with Gasteiger partial charge in [-0.1, -0.05) is 0 Å². The van der Waals surface area contributed by atoms with E-state index in [0.29, 0.717) is 12.2 Å². The summed E-state index contributed by atoms with van der Waals surface area (Å²) in [6.45, 7) is 1.90. The molecule has 58 valence electrons. The summed E-state index contributed by atoms with van der Waals surface area (Å²) in [6.07, 6.45) is 5.66. The summed E-state index contributed by atoms with van der Waals surface area (Å²) in [5.74, 6) is 0. The second kappa shape index (κ2) is 2.89. The van der Waals surface area contributed by atoms with Crippen molar-refractivity contribution < 1.29 is 9.47 Å². The molecule has 2 aliphatic rings. The number of hydrogen-bond donors (Lipinski definition) is 0. The highest BCUT2D eigenvalue weighted by atomic mass is 16.5. The van der Waals surface area contributed by atoms with Crippen molar-refractivity contribution in [2.75, 3.05) is 13.2 Å². The summed E-state index contributed by atoms with van der Waals surface area (Å²) in [5.41, 5.74) is 0. The maximum Gasteiger partial charge on any atom is 0.0837 e. The molecule has 2 atom stereocenters. The highest BCUT2D eigenvalue weighted by molar-refractivity contribution is 4.78. The molecule has 2 heteroatoms. The Hall–Kier alpha value is -0.0800. The van der Waals surface area contributed by atoms with Crippen LogP contribution in [0.5, 0.6) is 0 Å². The summed E-state index contributed by atoms with van der Waals surface area (Å²) >= 11 is 0. The zero-order valence-electron chi connectivity index (χ0n) is 6.21. The molecule has 2 heterocycles. The molecule has 0 radical (unpaired) electrons. The molecule has 0 bridgehead atoms. The lowest BCUT2D eigenvalue weighted by Crippen LogP contribution is -2.39. The van der Waals surface area contributed by atoms with E-state index in [2.05, 4.69) is 0 Å². The molecule has 0 amide bonds. The van der Waals surface area contributed by atoms with Gasteiger partial charge in [0.15, 0.2) is 0 Å². The Morgan fingerprint density at radius 2 is 1.30 bits per heavy atom. The minimum absolute atomic E-state index is 0.433. The van der Waals surface area contributed by atoms with Crippen molar-refractivity contribution in [1.29, 1.82) is 0 Å². The van der Waals surface area contributed by atoms with E-state index in [0.717, 1.165) is 13.2 Å². The van der Waals surface area contributed by atoms with Gasteiger partial charge in [-0.2, -0.15) is 0 Å². The van der Waals surface area contributed by atoms with Gasteiger partial charge in [0.05, 0.1) is 12.2 Å². The molecule has 0 spiro atoms. The van der Waals surface area contributed by atoms with Gasteiger partial charge >= 0.3 is 0 Å². The van der Waals surface area contributed by atoms with Crippen LogP contribution in [0.3, 0.4) is 0 Å². The van der Waals surface area contributed by atoms with Crippen LogP contribution in [0.2, 0.25) is 0 Å². The molecule has 10 heavy (non-hydrogen) atoms. The third kappa shape index (κ3) is 1.18. The standard InChI is InChI=1S/C8H14O2/c1-3-7-8(9-5-1)4-2-6-10-7/h7-8H,1-6H2/t7-,8+. The molecule has 0 aromatic heterocycles. The van der Waals surface area contributed by atoms with Crippen LogP contribution < -0.4 is 0 Å². The van der Waals surface area contributed by atoms with Gasteiger partial charge in [0, 0.05) is 13.2 Å². The third-order valence-electron chi connectivity index (χ3n) is 2.34. The maximum atomic E-state index is 5.56. The Balaban J connectivity index is 1.93. The average molecular weight is 142 g/mol. The lowest BCUT2D eigenvalue weighted by molar-refractivity contribution is -0.133. The second-order valence-corrected chi connectivity index (χ2v) is 3.10. The van der Waals surface area contributed by atoms with Gasteiger partial charge in [-0.15, -0.1) is 0 Å². The fourth-order valence-corrected chi connectivity index (χ4v) is 1.79. The first-order valence-corrected chi connectivity index (χ1v) is 4.20. The van der Waals surface area contributed by atoms with Crippen molar-refractivity contribution in [3.8, 4) is 0 Å². The summed E-state index contributed by atoms with van der Waals surface area (Å²) in [4.78, 5) is 0. The van der Waals surface area contributed by atoms with Crippen LogP contribution in [0.25, 0.3) is 0 Å². The van der Waals surface area contributed by atoms with E-state index in [1.54, 1.807) is 0 Å². The molecule has 0 aromatic rings. The van der Waals surface area contributed by atoms with Gasteiger partial charge in [-0.05, 0) is 25.7 Å². The summed E-state index contributed by atoms with van der Waals surface area (Å²) < 4.78 is 11.1. The monoisotopic (exact) mass is 142 g/mol. The third-order valence-corrected chi connectivity index (χ3v) is 2.34. The average Bonchev–Trinajstić information content (AvgIpc) is 2.05. The molecule has 0 saturated carbocycles. The predicted octanol–water partition coefficient (Wildman–Crippen LogP) is 1.34. The van der Waals surface area contributed by atoms with E-state index in [9.17, 15) is 0 Å². The Labute approximate surface area is 61.5 Å². The van der Waals surface area contributed by atoms with Crippen LogP contribution in [0.1, 0.15) is 25.7 Å². The Bertz CT molecular complexity index is 87.8. The van der Waals surface area contributed by atoms with Crippen LogP contribution in [-0.4, -0.2) is 25.4 Å². The van der Waals surface area contributed by atoms with E-state index in [1.807, 2.05) is 0 Å². The van der Waals surface area contributed by atoms with Gasteiger partial charge < -0.3 is 9.47 Å². The highest BCUT2D eigenvalue weighted by Crippen LogP contribution is 2.24. The number of hydrogen-bond acceptors (Lipinski definition) is 2. The summed E-state index contributed by atoms with van der Waals surface area (Å²) in [5, 5.41) is 0. The molecule has 2 rings (SSSR count). The maximum absolute atomic E-state index is 5.56. The highest BCUT2D eigenvalue weighted by Gasteiger charge is 2.28. The van der Waals surface area contributed by atoms with E-state index in [-0.39, 0.29) is 0 Å². The number of rotatable bonds is 0. The smallest absolute Gasteiger partial charge is 0.0837 e. The number of ether oxygens (including phenoxy) is 2. The molecule has 0 unspecified atom stereocenters. The van der Waals surface area contributed by atoms with E-state index < -0.39 is 0 Å². The lowest BCUT2D eigenvalue weighted by atomic mass is 9.99. The molecule has 2 fully saturated rings. The summed E-state index contributed by atoms with van der Waals surface area (Å²) in [7, 11) is 0. The normalized spacial score (nSPS) is 40.8. The first-order valence-electron chi connectivity index (χ1n) is 4.20. The molecule has 0 N–H and O–H groups in total. The minimum atomic E-state index is 0.433. The van der Waals surface area contributed by atoms with E-state index in [4.69, 9.17) is 9.47 Å². The van der Waals surface area contributed by atoms with Gasteiger partial charge in [0.1, 0.15) is 0 Å². The number of fused-ring (bicyclic) bond motifs is 1. The van der Waals surface area contributed by atoms with E-state index >= 15 is 0 Å². The first-order chi connectivity index (χ1) is 4.97. The zero-order chi connectivity index (χ0) is 6.81. The quantitative estimate of drug-likeness (QED) is 0.508. The van der Waals surface area contributed by atoms with Crippen LogP contribution in [0, 0.1) is 0 Å². The summed E-state index contributed by atoms with van der Waals surface area (Å²) in [6, 6.07) is 0.